The molecule has 1 unspecified atom stereocenters. The van der Waals surface area contributed by atoms with Crippen LogP contribution < -0.4 is 15.2 Å². The summed E-state index contributed by atoms with van der Waals surface area (Å²) in [6.07, 6.45) is 1.79. The Bertz CT molecular complexity index is 1450. The van der Waals surface area contributed by atoms with Crippen LogP contribution in [0.15, 0.2) is 53.3 Å². The predicted octanol–water partition coefficient (Wildman–Crippen LogP) is 4.14. The molecule has 0 amide bonds. The van der Waals surface area contributed by atoms with Crippen molar-refractivity contribution in [3.05, 3.63) is 75.8 Å². The molecule has 5 rings (SSSR count). The molecule has 1 fully saturated rings. The molecular formula is C29H37N7O2. The molecule has 1 N–H and O–H groups in total. The number of piperazine rings is 1. The van der Waals surface area contributed by atoms with Crippen LogP contribution in [-0.4, -0.2) is 63.4 Å². The molecule has 38 heavy (non-hydrogen) atoms. The number of rotatable bonds is 8. The number of anilines is 1. The van der Waals surface area contributed by atoms with E-state index in [2.05, 4.69) is 82.3 Å². The number of H-pyrrole nitrogens is 1. The van der Waals surface area contributed by atoms with Crippen LogP contribution in [0.5, 0.6) is 5.75 Å². The number of aromatic nitrogens is 5. The summed E-state index contributed by atoms with van der Waals surface area (Å²) in [6, 6.07) is 16.1. The van der Waals surface area contributed by atoms with Gasteiger partial charge in [0.05, 0.1) is 12.6 Å². The second-order valence-electron chi connectivity index (χ2n) is 10.6. The van der Waals surface area contributed by atoms with E-state index in [0.717, 1.165) is 61.4 Å². The fourth-order valence-electron chi connectivity index (χ4n) is 5.17. The van der Waals surface area contributed by atoms with Crippen LogP contribution >= 0.6 is 0 Å². The van der Waals surface area contributed by atoms with Gasteiger partial charge < -0.3 is 14.6 Å². The van der Waals surface area contributed by atoms with E-state index in [1.54, 1.807) is 7.11 Å². The first-order valence-corrected chi connectivity index (χ1v) is 13.4. The van der Waals surface area contributed by atoms with Gasteiger partial charge in [0.25, 0.3) is 5.56 Å². The molecule has 2 aromatic heterocycles. The van der Waals surface area contributed by atoms with Crippen molar-refractivity contribution in [2.75, 3.05) is 38.2 Å². The van der Waals surface area contributed by atoms with E-state index >= 15 is 0 Å². The maximum Gasteiger partial charge on any atom is 0.253 e. The maximum atomic E-state index is 13.6. The second kappa shape index (κ2) is 10.6. The number of aryl methyl sites for hydroxylation is 1. The van der Waals surface area contributed by atoms with Gasteiger partial charge in [0, 0.05) is 42.9 Å². The lowest BCUT2D eigenvalue weighted by molar-refractivity contribution is 0.186. The van der Waals surface area contributed by atoms with E-state index in [-0.39, 0.29) is 17.1 Å². The highest BCUT2D eigenvalue weighted by molar-refractivity contribution is 5.80. The molecule has 0 spiro atoms. The molecule has 1 aliphatic heterocycles. The first-order chi connectivity index (χ1) is 18.3. The molecule has 2 aromatic carbocycles. The summed E-state index contributed by atoms with van der Waals surface area (Å²) >= 11 is 0. The minimum Gasteiger partial charge on any atom is -0.497 e. The lowest BCUT2D eigenvalue weighted by Gasteiger charge is -2.40. The molecule has 3 heterocycles. The molecule has 0 aliphatic carbocycles. The Kier molecular flexibility index (Phi) is 7.21. The third-order valence-electron chi connectivity index (χ3n) is 7.93. The smallest absolute Gasteiger partial charge is 0.253 e. The van der Waals surface area contributed by atoms with Crippen molar-refractivity contribution < 1.29 is 4.74 Å². The van der Waals surface area contributed by atoms with E-state index in [1.807, 2.05) is 28.9 Å². The standard InChI is InChI=1S/C29H37N7O2/c1-6-20-8-13-25-21(18-20)19-24(28(37)30-25)26(27-31-32-33-36(27)29(3,4)7-2)35-16-14-34(15-17-35)22-9-11-23(38-5)12-10-22/h8-13,18-19,26H,6-7,14-17H2,1-5H3,(H,30,37). The topological polar surface area (TPSA) is 92.2 Å². The normalized spacial score (nSPS) is 15.7. The van der Waals surface area contributed by atoms with Crippen LogP contribution in [-0.2, 0) is 12.0 Å². The number of nitrogens with one attached hydrogen (secondary N) is 1. The number of aromatic amines is 1. The third kappa shape index (κ3) is 4.90. The van der Waals surface area contributed by atoms with Crippen LogP contribution in [0.25, 0.3) is 10.9 Å². The number of methoxy groups -OCH3 is 1. The Labute approximate surface area is 223 Å². The van der Waals surface area contributed by atoms with Crippen LogP contribution in [0.4, 0.5) is 5.69 Å². The zero-order chi connectivity index (χ0) is 26.9. The molecule has 0 saturated carbocycles. The van der Waals surface area contributed by atoms with Crippen molar-refractivity contribution >= 4 is 16.6 Å². The van der Waals surface area contributed by atoms with Crippen molar-refractivity contribution in [3.8, 4) is 5.75 Å². The monoisotopic (exact) mass is 515 g/mol. The summed E-state index contributed by atoms with van der Waals surface area (Å²) < 4.78 is 7.22. The lowest BCUT2D eigenvalue weighted by Crippen LogP contribution is -2.49. The highest BCUT2D eigenvalue weighted by Gasteiger charge is 2.35. The van der Waals surface area contributed by atoms with E-state index in [1.165, 1.54) is 5.56 Å². The Hall–Kier alpha value is -3.72. The van der Waals surface area contributed by atoms with Gasteiger partial charge in [-0.15, -0.1) is 5.10 Å². The number of ether oxygens (including phenoxy) is 1. The van der Waals surface area contributed by atoms with Crippen molar-refractivity contribution in [1.82, 2.24) is 30.1 Å². The zero-order valence-corrected chi connectivity index (χ0v) is 22.9. The van der Waals surface area contributed by atoms with E-state index in [9.17, 15) is 4.79 Å². The predicted molar refractivity (Wildman–Crippen MR) is 150 cm³/mol. The number of tetrazole rings is 1. The first kappa shape index (κ1) is 25.9. The van der Waals surface area contributed by atoms with Crippen LogP contribution in [0.1, 0.15) is 57.1 Å². The fraction of sp³-hybridized carbons (Fsp3) is 0.448. The lowest BCUT2D eigenvalue weighted by atomic mass is 9.98. The minimum absolute atomic E-state index is 0.104. The van der Waals surface area contributed by atoms with Gasteiger partial charge in [-0.25, -0.2) is 4.68 Å². The van der Waals surface area contributed by atoms with Gasteiger partial charge in [-0.3, -0.25) is 9.69 Å². The molecule has 1 saturated heterocycles. The number of pyridine rings is 1. The van der Waals surface area contributed by atoms with Crippen LogP contribution in [0.3, 0.4) is 0 Å². The largest absolute Gasteiger partial charge is 0.497 e. The van der Waals surface area contributed by atoms with Crippen LogP contribution in [0.2, 0.25) is 0 Å². The first-order valence-electron chi connectivity index (χ1n) is 13.4. The summed E-state index contributed by atoms with van der Waals surface area (Å²) in [6.45, 7) is 11.7. The summed E-state index contributed by atoms with van der Waals surface area (Å²) in [7, 11) is 1.68. The Morgan fingerprint density at radius 3 is 2.42 bits per heavy atom. The average Bonchev–Trinajstić information content (AvgIpc) is 3.44. The fourth-order valence-corrected chi connectivity index (χ4v) is 5.17. The summed E-state index contributed by atoms with van der Waals surface area (Å²) in [5, 5.41) is 14.0. The highest BCUT2D eigenvalue weighted by Crippen LogP contribution is 2.32. The zero-order valence-electron chi connectivity index (χ0n) is 22.9. The summed E-state index contributed by atoms with van der Waals surface area (Å²) in [5.74, 6) is 1.55. The minimum atomic E-state index is -0.368. The van der Waals surface area contributed by atoms with E-state index < -0.39 is 0 Å². The van der Waals surface area contributed by atoms with E-state index in [4.69, 9.17) is 4.74 Å². The van der Waals surface area contributed by atoms with Gasteiger partial charge in [-0.2, -0.15) is 0 Å². The molecule has 200 valence electrons. The number of fused-ring (bicyclic) bond motifs is 1. The summed E-state index contributed by atoms with van der Waals surface area (Å²) in [5.41, 5.74) is 3.51. The van der Waals surface area contributed by atoms with Gasteiger partial charge in [-0.05, 0) is 90.5 Å². The second-order valence-corrected chi connectivity index (χ2v) is 10.6. The Morgan fingerprint density at radius 2 is 1.76 bits per heavy atom. The quantitative estimate of drug-likeness (QED) is 0.377. The number of benzene rings is 2. The van der Waals surface area contributed by atoms with Crippen molar-refractivity contribution in [2.45, 2.75) is 52.1 Å². The highest BCUT2D eigenvalue weighted by atomic mass is 16.5. The molecule has 0 radical (unpaired) electrons. The molecule has 9 heteroatoms. The van der Waals surface area contributed by atoms with Crippen molar-refractivity contribution in [3.63, 3.8) is 0 Å². The van der Waals surface area contributed by atoms with Gasteiger partial charge in [0.1, 0.15) is 11.8 Å². The Morgan fingerprint density at radius 1 is 1.03 bits per heavy atom. The number of hydrogen-bond donors (Lipinski definition) is 1. The summed E-state index contributed by atoms with van der Waals surface area (Å²) in [4.78, 5) is 21.4. The number of hydrogen-bond acceptors (Lipinski definition) is 7. The molecule has 1 atom stereocenters. The average molecular weight is 516 g/mol. The van der Waals surface area contributed by atoms with Crippen molar-refractivity contribution in [1.29, 1.82) is 0 Å². The molecule has 0 bridgehead atoms. The molecule has 1 aliphatic rings. The molecular weight excluding hydrogens is 478 g/mol. The van der Waals surface area contributed by atoms with Gasteiger partial charge in [0.2, 0.25) is 0 Å². The Balaban J connectivity index is 1.54. The maximum absolute atomic E-state index is 13.6. The molecule has 4 aromatic rings. The third-order valence-corrected chi connectivity index (χ3v) is 7.93. The van der Waals surface area contributed by atoms with Crippen LogP contribution in [0, 0.1) is 0 Å². The van der Waals surface area contributed by atoms with Gasteiger partial charge in [-0.1, -0.05) is 19.9 Å². The SMILES string of the molecule is CCc1ccc2[nH]c(=O)c(C(c3nnnn3C(C)(C)CC)N3CCN(c4ccc(OC)cc4)CC3)cc2c1. The molecule has 9 nitrogen and oxygen atoms in total. The van der Waals surface area contributed by atoms with Crippen molar-refractivity contribution in [2.24, 2.45) is 0 Å². The van der Waals surface area contributed by atoms with Gasteiger partial charge >= 0.3 is 0 Å². The number of nitrogens with zero attached hydrogens (tertiary/aromatic N) is 6. The van der Waals surface area contributed by atoms with Gasteiger partial charge in [0.15, 0.2) is 5.82 Å². The van der Waals surface area contributed by atoms with E-state index in [0.29, 0.717) is 11.4 Å².